The number of fused-ring (bicyclic) bond motifs is 8. The van der Waals surface area contributed by atoms with Crippen LogP contribution in [0.25, 0.3) is 44.5 Å². The van der Waals surface area contributed by atoms with Crippen LogP contribution in [0, 0.1) is 0 Å². The third-order valence-corrected chi connectivity index (χ3v) is 20.0. The lowest BCUT2D eigenvalue weighted by molar-refractivity contribution is 0.483. The van der Waals surface area contributed by atoms with Gasteiger partial charge in [0, 0.05) is 39.6 Å². The number of hydrogen-bond donors (Lipinski definition) is 0. The van der Waals surface area contributed by atoms with Gasteiger partial charge in [0.1, 0.15) is 23.0 Å². The van der Waals surface area contributed by atoms with Crippen molar-refractivity contribution in [2.45, 2.75) is 131 Å². The second kappa shape index (κ2) is 21.2. The summed E-state index contributed by atoms with van der Waals surface area (Å²) in [6.45, 7) is 34.0. The molecule has 4 aliphatic rings. The van der Waals surface area contributed by atoms with E-state index in [9.17, 15) is 0 Å². The molecule has 0 amide bonds. The maximum absolute atomic E-state index is 7.57. The highest BCUT2D eigenvalue weighted by Crippen LogP contribution is 2.53. The van der Waals surface area contributed by atoms with Gasteiger partial charge >= 0.3 is 0 Å². The molecular formula is C86H82B2N2O2. The van der Waals surface area contributed by atoms with E-state index >= 15 is 0 Å². The third-order valence-electron chi connectivity index (χ3n) is 20.0. The lowest BCUT2D eigenvalue weighted by Crippen LogP contribution is -2.64. The Morgan fingerprint density at radius 1 is 0.261 bits per heavy atom. The van der Waals surface area contributed by atoms with Crippen LogP contribution in [-0.4, -0.2) is 13.4 Å². The van der Waals surface area contributed by atoms with Crippen molar-refractivity contribution in [2.75, 3.05) is 9.80 Å². The van der Waals surface area contributed by atoms with E-state index in [4.69, 9.17) is 9.47 Å². The van der Waals surface area contributed by atoms with E-state index in [0.29, 0.717) is 0 Å². The van der Waals surface area contributed by atoms with Crippen LogP contribution in [0.2, 0.25) is 0 Å². The fourth-order valence-electron chi connectivity index (χ4n) is 14.7. The zero-order valence-electron chi connectivity index (χ0n) is 56.2. The Morgan fingerprint density at radius 2 is 0.630 bits per heavy atom. The highest BCUT2D eigenvalue weighted by Gasteiger charge is 2.48. The molecule has 0 fully saturated rings. The van der Waals surface area contributed by atoms with E-state index in [0.717, 1.165) is 118 Å². The summed E-state index contributed by atoms with van der Waals surface area (Å²) in [5, 5.41) is 0. The summed E-state index contributed by atoms with van der Waals surface area (Å²) in [6, 6.07) is 85.6. The lowest BCUT2D eigenvalue weighted by atomic mass is 9.30. The van der Waals surface area contributed by atoms with E-state index in [1.807, 2.05) is 0 Å². The van der Waals surface area contributed by atoms with Gasteiger partial charge in [0.15, 0.2) is 0 Å². The first-order valence-corrected chi connectivity index (χ1v) is 33.1. The van der Waals surface area contributed by atoms with E-state index in [2.05, 4.69) is 338 Å². The van der Waals surface area contributed by atoms with Crippen molar-refractivity contribution in [1.29, 1.82) is 0 Å². The molecule has 0 aliphatic carbocycles. The molecule has 0 saturated heterocycles. The third kappa shape index (κ3) is 9.99. The van der Waals surface area contributed by atoms with Crippen molar-refractivity contribution >= 4 is 80.3 Å². The van der Waals surface area contributed by atoms with Gasteiger partial charge in [0.05, 0.1) is 5.69 Å². The molecule has 0 saturated carbocycles. The van der Waals surface area contributed by atoms with Gasteiger partial charge in [0.25, 0.3) is 13.4 Å². The predicted molar refractivity (Wildman–Crippen MR) is 393 cm³/mol. The number of rotatable bonds is 6. The number of hydrogen-bond acceptors (Lipinski definition) is 4. The Hall–Kier alpha value is -9.25. The first-order valence-electron chi connectivity index (χ1n) is 33.1. The van der Waals surface area contributed by atoms with Crippen molar-refractivity contribution in [1.82, 2.24) is 0 Å². The number of ether oxygens (including phenoxy) is 2. The normalized spacial score (nSPS) is 13.9. The van der Waals surface area contributed by atoms with Gasteiger partial charge in [-0.2, -0.15) is 0 Å². The SMILES string of the molecule is CC(C)(C)c1ccc(-c2cc3c4c(c2)N(c2ccc(C(C)(C)C)cc2)c2cc5c(cc2B4c2ccc(C(C)(C)C)cc2O3)B2c3ccc(C(C)(C)C)cc3Oc3cc(-c4ccc(C(C)(C)C)cc4)cc(c32)N5c2c(-c3ccccc3)cccc2-c2ccccc2)cc1. The number of anilines is 6. The Kier molecular flexibility index (Phi) is 13.6. The zero-order chi connectivity index (χ0) is 64.1. The molecule has 11 aromatic carbocycles. The topological polar surface area (TPSA) is 24.9 Å². The molecule has 15 rings (SSSR count). The van der Waals surface area contributed by atoms with Gasteiger partial charge in [-0.05, 0) is 176 Å². The average molecular weight is 1200 g/mol. The van der Waals surface area contributed by atoms with Crippen molar-refractivity contribution < 1.29 is 9.47 Å². The Labute approximate surface area is 547 Å². The Balaban J connectivity index is 1.09. The summed E-state index contributed by atoms with van der Waals surface area (Å²) in [5.74, 6) is 3.55. The van der Waals surface area contributed by atoms with Gasteiger partial charge < -0.3 is 19.3 Å². The second-order valence-corrected chi connectivity index (χ2v) is 31.4. The standard InChI is InChI=1S/C86H82B2N2O2/c1-82(2,3)59-33-29-53(30-34-59)57-45-73-79-77(47-57)91-75-49-62(85(10,11)12)39-43-67(75)87(79)69-51-70-72(52-71(69)89(73)64-41-37-61(38-42-64)84(7,8)9)90(81-65(55-23-18-16-19-24-55)27-22-28-66(81)56-25-20-17-21-26-56)74-46-58(54-31-35-60(36-32-54)83(4,5)6)48-78-80(74)88(70)68-44-40-63(86(13,14)15)50-76(68)92-78/h16-52H,1-15H3. The summed E-state index contributed by atoms with van der Waals surface area (Å²) < 4.78 is 15.0. The molecule has 0 spiro atoms. The number of nitrogens with zero attached hydrogens (tertiary/aromatic N) is 2. The van der Waals surface area contributed by atoms with Crippen molar-refractivity contribution in [3.05, 3.63) is 252 Å². The van der Waals surface area contributed by atoms with Crippen LogP contribution in [0.15, 0.2) is 224 Å². The fourth-order valence-corrected chi connectivity index (χ4v) is 14.7. The minimum Gasteiger partial charge on any atom is -0.458 e. The van der Waals surface area contributed by atoms with Gasteiger partial charge in [-0.25, -0.2) is 0 Å². The molecule has 4 nitrogen and oxygen atoms in total. The van der Waals surface area contributed by atoms with Gasteiger partial charge in [-0.3, -0.25) is 0 Å². The van der Waals surface area contributed by atoms with Gasteiger partial charge in [0.2, 0.25) is 0 Å². The summed E-state index contributed by atoms with van der Waals surface area (Å²) in [5.41, 5.74) is 28.8. The van der Waals surface area contributed by atoms with E-state index in [-0.39, 0.29) is 40.5 Å². The predicted octanol–water partition coefficient (Wildman–Crippen LogP) is 19.7. The monoisotopic (exact) mass is 1200 g/mol. The summed E-state index contributed by atoms with van der Waals surface area (Å²) >= 11 is 0. The maximum atomic E-state index is 7.57. The molecule has 92 heavy (non-hydrogen) atoms. The molecule has 0 radical (unpaired) electrons. The molecule has 4 heterocycles. The van der Waals surface area contributed by atoms with Crippen molar-refractivity contribution in [3.8, 4) is 67.5 Å². The Morgan fingerprint density at radius 3 is 1.03 bits per heavy atom. The fraction of sp³-hybridized carbons (Fsp3) is 0.233. The molecule has 454 valence electrons. The van der Waals surface area contributed by atoms with E-state index in [1.54, 1.807) is 0 Å². The maximum Gasteiger partial charge on any atom is 0.256 e. The Bertz CT molecular complexity index is 4690. The molecule has 4 aliphatic heterocycles. The van der Waals surface area contributed by atoms with Gasteiger partial charge in [-0.1, -0.05) is 274 Å². The molecule has 6 heteroatoms. The highest BCUT2D eigenvalue weighted by atomic mass is 16.5. The molecule has 0 atom stereocenters. The van der Waals surface area contributed by atoms with Crippen LogP contribution in [0.1, 0.15) is 132 Å². The summed E-state index contributed by atoms with van der Waals surface area (Å²) in [6.07, 6.45) is 0. The average Bonchev–Trinajstić information content (AvgIpc) is 0.690. The quantitative estimate of drug-likeness (QED) is 0.155. The van der Waals surface area contributed by atoms with Crippen LogP contribution in [0.5, 0.6) is 23.0 Å². The number of para-hydroxylation sites is 1. The zero-order valence-corrected chi connectivity index (χ0v) is 56.2. The minimum atomic E-state index is -0.211. The minimum absolute atomic E-state index is 0.00481. The van der Waals surface area contributed by atoms with Crippen LogP contribution < -0.4 is 52.1 Å². The smallest absolute Gasteiger partial charge is 0.256 e. The molecular weight excluding hydrogens is 1110 g/mol. The summed E-state index contributed by atoms with van der Waals surface area (Å²) in [7, 11) is 0. The van der Waals surface area contributed by atoms with Gasteiger partial charge in [-0.15, -0.1) is 0 Å². The molecule has 11 aromatic rings. The van der Waals surface area contributed by atoms with Crippen LogP contribution in [0.4, 0.5) is 34.1 Å². The summed E-state index contributed by atoms with van der Waals surface area (Å²) in [4.78, 5) is 5.21. The first-order chi connectivity index (χ1) is 43.8. The molecule has 0 N–H and O–H groups in total. The van der Waals surface area contributed by atoms with E-state index in [1.165, 1.54) is 44.2 Å². The van der Waals surface area contributed by atoms with E-state index < -0.39 is 0 Å². The lowest BCUT2D eigenvalue weighted by Gasteiger charge is -2.45. The molecule has 0 unspecified atom stereocenters. The first kappa shape index (κ1) is 59.1. The molecule has 0 aromatic heterocycles. The largest absolute Gasteiger partial charge is 0.458 e. The van der Waals surface area contributed by atoms with Crippen molar-refractivity contribution in [3.63, 3.8) is 0 Å². The highest BCUT2D eigenvalue weighted by molar-refractivity contribution is 7.02. The van der Waals surface area contributed by atoms with Crippen molar-refractivity contribution in [2.24, 2.45) is 0 Å². The molecule has 0 bridgehead atoms. The van der Waals surface area contributed by atoms with Crippen LogP contribution >= 0.6 is 0 Å². The number of benzene rings is 11. The van der Waals surface area contributed by atoms with Crippen LogP contribution in [0.3, 0.4) is 0 Å². The van der Waals surface area contributed by atoms with Crippen LogP contribution in [-0.2, 0) is 27.1 Å². The second-order valence-electron chi connectivity index (χ2n) is 31.4.